The summed E-state index contributed by atoms with van der Waals surface area (Å²) in [6.07, 6.45) is 3.51. The van der Waals surface area contributed by atoms with E-state index in [4.69, 9.17) is 0 Å². The van der Waals surface area contributed by atoms with Crippen LogP contribution in [0.4, 0.5) is 4.39 Å². The zero-order chi connectivity index (χ0) is 19.7. The van der Waals surface area contributed by atoms with E-state index in [1.165, 1.54) is 12.3 Å². The highest BCUT2D eigenvalue weighted by molar-refractivity contribution is 5.98. The van der Waals surface area contributed by atoms with Gasteiger partial charge in [0.2, 0.25) is 12.4 Å². The molecule has 0 fully saturated rings. The Morgan fingerprint density at radius 3 is 2.65 bits per heavy atom. The van der Waals surface area contributed by atoms with Gasteiger partial charge in [0.15, 0.2) is 5.78 Å². The predicted molar refractivity (Wildman–Crippen MR) is 92.9 cm³/mol. The van der Waals surface area contributed by atoms with Crippen molar-refractivity contribution in [2.75, 3.05) is 6.54 Å². The van der Waals surface area contributed by atoms with Gasteiger partial charge in [0, 0.05) is 23.7 Å². The van der Waals surface area contributed by atoms with Crippen LogP contribution in [0.1, 0.15) is 50.4 Å². The SMILES string of the molecule is CCCC[C@H](CN(O)C=O)C(=O)[C@@H](NC(=O)c1ccnc(F)c1)C(C)C. The Morgan fingerprint density at radius 1 is 1.42 bits per heavy atom. The van der Waals surface area contributed by atoms with Gasteiger partial charge >= 0.3 is 0 Å². The quantitative estimate of drug-likeness (QED) is 0.270. The number of halogens is 1. The average Bonchev–Trinajstić information content (AvgIpc) is 2.61. The minimum Gasteiger partial charge on any atom is -0.342 e. The molecule has 2 amide bonds. The van der Waals surface area contributed by atoms with Crippen LogP contribution < -0.4 is 5.32 Å². The minimum atomic E-state index is -0.819. The second-order valence-electron chi connectivity index (χ2n) is 6.53. The monoisotopic (exact) mass is 367 g/mol. The van der Waals surface area contributed by atoms with Crippen LogP contribution in [0.25, 0.3) is 0 Å². The number of rotatable bonds is 11. The van der Waals surface area contributed by atoms with Crippen LogP contribution >= 0.6 is 0 Å². The zero-order valence-corrected chi connectivity index (χ0v) is 15.3. The summed E-state index contributed by atoms with van der Waals surface area (Å²) in [5, 5.41) is 12.5. The number of nitrogens with one attached hydrogen (secondary N) is 1. The third kappa shape index (κ3) is 6.51. The number of hydrogen-bond donors (Lipinski definition) is 2. The summed E-state index contributed by atoms with van der Waals surface area (Å²) < 4.78 is 13.2. The first-order valence-electron chi connectivity index (χ1n) is 8.67. The number of hydrogen-bond acceptors (Lipinski definition) is 5. The molecule has 26 heavy (non-hydrogen) atoms. The molecule has 0 aliphatic carbocycles. The van der Waals surface area contributed by atoms with Crippen LogP contribution in [0.2, 0.25) is 0 Å². The number of carbonyl (C=O) groups excluding carboxylic acids is 3. The van der Waals surface area contributed by atoms with Gasteiger partial charge in [-0.25, -0.2) is 10.0 Å². The first-order valence-corrected chi connectivity index (χ1v) is 8.67. The molecule has 0 spiro atoms. The maximum atomic E-state index is 13.2. The lowest BCUT2D eigenvalue weighted by Gasteiger charge is -2.27. The molecule has 0 aliphatic rings. The highest BCUT2D eigenvalue weighted by atomic mass is 19.1. The fraction of sp³-hybridized carbons (Fsp3) is 0.556. The molecule has 0 radical (unpaired) electrons. The van der Waals surface area contributed by atoms with Gasteiger partial charge < -0.3 is 5.32 Å². The highest BCUT2D eigenvalue weighted by Crippen LogP contribution is 2.17. The van der Waals surface area contributed by atoms with Gasteiger partial charge in [0.25, 0.3) is 5.91 Å². The number of nitrogens with zero attached hydrogens (tertiary/aromatic N) is 2. The molecule has 0 saturated heterocycles. The van der Waals surface area contributed by atoms with E-state index in [0.29, 0.717) is 11.5 Å². The molecule has 2 N–H and O–H groups in total. The van der Waals surface area contributed by atoms with Crippen LogP contribution in [-0.2, 0) is 9.59 Å². The molecule has 1 aromatic rings. The standard InChI is InChI=1S/C18H26FN3O4/c1-4-5-6-14(10-22(26)11-23)17(24)16(12(2)3)21-18(25)13-7-8-20-15(19)9-13/h7-9,11-12,14,16,26H,4-6,10H2,1-3H3,(H,21,25)/t14-,16+/m1/s1. The molecule has 1 heterocycles. The molecule has 0 aliphatic heterocycles. The van der Waals surface area contributed by atoms with Gasteiger partial charge in [-0.2, -0.15) is 4.39 Å². The summed E-state index contributed by atoms with van der Waals surface area (Å²) in [6.45, 7) is 5.40. The van der Waals surface area contributed by atoms with Crippen molar-refractivity contribution in [2.45, 2.75) is 46.1 Å². The molecule has 2 atom stereocenters. The summed E-state index contributed by atoms with van der Waals surface area (Å²) in [4.78, 5) is 39.4. The van der Waals surface area contributed by atoms with Crippen LogP contribution in [0.3, 0.4) is 0 Å². The first-order chi connectivity index (χ1) is 12.3. The number of carbonyl (C=O) groups is 3. The Labute approximate surface area is 152 Å². The maximum absolute atomic E-state index is 13.2. The largest absolute Gasteiger partial charge is 0.342 e. The summed E-state index contributed by atoms with van der Waals surface area (Å²) in [6, 6.07) is 1.53. The second kappa shape index (κ2) is 10.6. The van der Waals surface area contributed by atoms with E-state index in [1.54, 1.807) is 13.8 Å². The third-order valence-electron chi connectivity index (χ3n) is 4.09. The van der Waals surface area contributed by atoms with Crippen molar-refractivity contribution in [1.29, 1.82) is 0 Å². The van der Waals surface area contributed by atoms with Crippen molar-refractivity contribution in [3.8, 4) is 0 Å². The summed E-state index contributed by atoms with van der Waals surface area (Å²) >= 11 is 0. The van der Waals surface area contributed by atoms with E-state index in [9.17, 15) is 24.0 Å². The van der Waals surface area contributed by atoms with E-state index in [-0.39, 0.29) is 30.2 Å². The average molecular weight is 367 g/mol. The summed E-state index contributed by atoms with van der Waals surface area (Å²) in [7, 11) is 0. The first kappa shape index (κ1) is 21.7. The molecule has 0 bridgehead atoms. The molecular formula is C18H26FN3O4. The normalized spacial score (nSPS) is 13.2. The lowest BCUT2D eigenvalue weighted by Crippen LogP contribution is -2.48. The van der Waals surface area contributed by atoms with E-state index in [2.05, 4.69) is 10.3 Å². The Hall–Kier alpha value is -2.35. The fourth-order valence-electron chi connectivity index (χ4n) is 2.63. The lowest BCUT2D eigenvalue weighted by molar-refractivity contribution is -0.154. The Morgan fingerprint density at radius 2 is 2.12 bits per heavy atom. The molecule has 0 unspecified atom stereocenters. The topological polar surface area (TPSA) is 99.6 Å². The van der Waals surface area contributed by atoms with Crippen molar-refractivity contribution >= 4 is 18.1 Å². The molecule has 7 nitrogen and oxygen atoms in total. The van der Waals surface area contributed by atoms with Crippen molar-refractivity contribution in [3.63, 3.8) is 0 Å². The van der Waals surface area contributed by atoms with Gasteiger partial charge in [-0.15, -0.1) is 0 Å². The van der Waals surface area contributed by atoms with Gasteiger partial charge in [-0.05, 0) is 18.4 Å². The molecule has 8 heteroatoms. The van der Waals surface area contributed by atoms with Crippen LogP contribution in [0, 0.1) is 17.8 Å². The number of amides is 2. The molecule has 0 aromatic carbocycles. The van der Waals surface area contributed by atoms with E-state index >= 15 is 0 Å². The van der Waals surface area contributed by atoms with Gasteiger partial charge in [0.1, 0.15) is 0 Å². The number of unbranched alkanes of at least 4 members (excludes halogenated alkanes) is 1. The van der Waals surface area contributed by atoms with Crippen LogP contribution in [0.5, 0.6) is 0 Å². The van der Waals surface area contributed by atoms with Crippen LogP contribution in [-0.4, -0.2) is 45.9 Å². The Balaban J connectivity index is 2.95. The van der Waals surface area contributed by atoms with Gasteiger partial charge in [-0.1, -0.05) is 33.6 Å². The Bertz CT molecular complexity index is 624. The van der Waals surface area contributed by atoms with Crippen molar-refractivity contribution in [2.24, 2.45) is 11.8 Å². The van der Waals surface area contributed by atoms with Gasteiger partial charge in [-0.3, -0.25) is 19.6 Å². The molecule has 1 aromatic heterocycles. The van der Waals surface area contributed by atoms with Crippen molar-refractivity contribution in [1.82, 2.24) is 15.4 Å². The second-order valence-corrected chi connectivity index (χ2v) is 6.53. The third-order valence-corrected chi connectivity index (χ3v) is 4.09. The number of pyridine rings is 1. The molecule has 0 saturated carbocycles. The molecule has 1 rings (SSSR count). The smallest absolute Gasteiger partial charge is 0.252 e. The summed E-state index contributed by atoms with van der Waals surface area (Å²) in [5.74, 6) is -2.45. The zero-order valence-electron chi connectivity index (χ0n) is 15.3. The number of ketones is 1. The lowest BCUT2D eigenvalue weighted by atomic mass is 9.87. The predicted octanol–water partition coefficient (Wildman–Crippen LogP) is 2.20. The van der Waals surface area contributed by atoms with Crippen molar-refractivity contribution in [3.05, 3.63) is 29.8 Å². The van der Waals surface area contributed by atoms with Crippen LogP contribution in [0.15, 0.2) is 18.3 Å². The van der Waals surface area contributed by atoms with E-state index in [1.807, 2.05) is 6.92 Å². The fourth-order valence-corrected chi connectivity index (χ4v) is 2.63. The molecule has 144 valence electrons. The number of hydroxylamine groups is 2. The number of aromatic nitrogens is 1. The van der Waals surface area contributed by atoms with Crippen molar-refractivity contribution < 1.29 is 24.0 Å². The minimum absolute atomic E-state index is 0.0673. The number of Topliss-reactive ketones (excluding diaryl/α,β-unsaturated/α-hetero) is 1. The maximum Gasteiger partial charge on any atom is 0.252 e. The van der Waals surface area contributed by atoms with Gasteiger partial charge in [0.05, 0.1) is 12.6 Å². The van der Waals surface area contributed by atoms with E-state index < -0.39 is 23.8 Å². The highest BCUT2D eigenvalue weighted by Gasteiger charge is 2.31. The molecular weight excluding hydrogens is 341 g/mol. The Kier molecular flexibility index (Phi) is 8.84. The summed E-state index contributed by atoms with van der Waals surface area (Å²) in [5.41, 5.74) is 0.0673. The van der Waals surface area contributed by atoms with E-state index in [0.717, 1.165) is 18.9 Å².